The van der Waals surface area contributed by atoms with Gasteiger partial charge in [0.1, 0.15) is 0 Å². The van der Waals surface area contributed by atoms with Crippen LogP contribution in [-0.2, 0) is 0 Å². The summed E-state index contributed by atoms with van der Waals surface area (Å²) >= 11 is 6.25. The lowest BCUT2D eigenvalue weighted by molar-refractivity contribution is 0.361. The molecule has 3 rings (SSSR count). The van der Waals surface area contributed by atoms with Crippen LogP contribution in [0.4, 0.5) is 0 Å². The molecule has 2 saturated carbocycles. The third kappa shape index (κ3) is 0.471. The molecule has 0 aliphatic heterocycles. The Balaban J connectivity index is 2.06. The van der Waals surface area contributed by atoms with Gasteiger partial charge in [-0.1, -0.05) is 12.2 Å². The second kappa shape index (κ2) is 1.61. The quantitative estimate of drug-likeness (QED) is 0.372. The summed E-state index contributed by atoms with van der Waals surface area (Å²) in [5.74, 6) is 3.49. The molecule has 0 aromatic heterocycles. The van der Waals surface area contributed by atoms with Crippen LogP contribution in [0.2, 0.25) is 0 Å². The van der Waals surface area contributed by atoms with Crippen molar-refractivity contribution in [3.63, 3.8) is 0 Å². The van der Waals surface area contributed by atoms with Gasteiger partial charge in [-0.2, -0.15) is 0 Å². The largest absolute Gasteiger partial charge is 0.122 e. The molecule has 5 atom stereocenters. The van der Waals surface area contributed by atoms with Crippen LogP contribution < -0.4 is 0 Å². The van der Waals surface area contributed by atoms with Crippen LogP contribution in [0.3, 0.4) is 0 Å². The molecule has 54 valence electrons. The first kappa shape index (κ1) is 5.65. The van der Waals surface area contributed by atoms with Gasteiger partial charge in [0.15, 0.2) is 0 Å². The Bertz CT molecular complexity index is 197. The van der Waals surface area contributed by atoms with E-state index in [4.69, 9.17) is 11.6 Å². The highest BCUT2D eigenvalue weighted by Gasteiger charge is 2.52. The first-order chi connectivity index (χ1) is 4.86. The van der Waals surface area contributed by atoms with Crippen molar-refractivity contribution in [2.45, 2.75) is 18.2 Å². The molecule has 0 saturated heterocycles. The number of halogens is 1. The molecule has 0 spiro atoms. The SMILES string of the molecule is Cl[C@H]1[C@H]2C[C@H]3[C@@H]1C=C[C@H]3C2. The van der Waals surface area contributed by atoms with Gasteiger partial charge in [0.05, 0.1) is 0 Å². The molecule has 10 heavy (non-hydrogen) atoms. The van der Waals surface area contributed by atoms with Crippen molar-refractivity contribution >= 4 is 11.6 Å². The number of alkyl halides is 1. The highest BCUT2D eigenvalue weighted by Crippen LogP contribution is 2.58. The van der Waals surface area contributed by atoms with E-state index in [1.54, 1.807) is 0 Å². The Morgan fingerprint density at radius 1 is 1.20 bits per heavy atom. The van der Waals surface area contributed by atoms with Crippen LogP contribution in [0.1, 0.15) is 12.8 Å². The normalized spacial score (nSPS) is 62.3. The fraction of sp³-hybridized carbons (Fsp3) is 0.778. The maximum Gasteiger partial charge on any atom is 0.0430 e. The minimum absolute atomic E-state index is 0.486. The average Bonchev–Trinajstić information content (AvgIpc) is 2.43. The zero-order valence-electron chi connectivity index (χ0n) is 5.83. The Labute approximate surface area is 66.3 Å². The van der Waals surface area contributed by atoms with Gasteiger partial charge in [0, 0.05) is 5.38 Å². The lowest BCUT2D eigenvalue weighted by atomic mass is 9.87. The molecule has 0 amide bonds. The lowest BCUT2D eigenvalue weighted by Gasteiger charge is -2.22. The summed E-state index contributed by atoms with van der Waals surface area (Å²) in [6, 6.07) is 0. The van der Waals surface area contributed by atoms with E-state index in [2.05, 4.69) is 12.2 Å². The molecule has 0 N–H and O–H groups in total. The summed E-state index contributed by atoms with van der Waals surface area (Å²) < 4.78 is 0. The van der Waals surface area contributed by atoms with Crippen LogP contribution in [0.5, 0.6) is 0 Å². The van der Waals surface area contributed by atoms with Gasteiger partial charge < -0.3 is 0 Å². The molecular formula is C9H11Cl. The lowest BCUT2D eigenvalue weighted by Crippen LogP contribution is -2.21. The summed E-state index contributed by atoms with van der Waals surface area (Å²) in [5, 5.41) is 0.486. The van der Waals surface area contributed by atoms with Gasteiger partial charge in [-0.15, -0.1) is 11.6 Å². The predicted octanol–water partition coefficient (Wildman–Crippen LogP) is 2.44. The van der Waals surface area contributed by atoms with E-state index in [0.717, 1.165) is 23.7 Å². The molecule has 0 unspecified atom stereocenters. The summed E-state index contributed by atoms with van der Waals surface area (Å²) in [6.45, 7) is 0. The minimum atomic E-state index is 0.486. The first-order valence-corrected chi connectivity index (χ1v) is 4.62. The van der Waals surface area contributed by atoms with Crippen LogP contribution >= 0.6 is 11.6 Å². The molecule has 2 fully saturated rings. The van der Waals surface area contributed by atoms with Crippen molar-refractivity contribution in [1.82, 2.24) is 0 Å². The van der Waals surface area contributed by atoms with E-state index >= 15 is 0 Å². The number of rotatable bonds is 0. The third-order valence-electron chi connectivity index (χ3n) is 3.59. The van der Waals surface area contributed by atoms with Gasteiger partial charge in [-0.25, -0.2) is 0 Å². The van der Waals surface area contributed by atoms with Crippen LogP contribution in [0.25, 0.3) is 0 Å². The molecule has 1 heteroatoms. The van der Waals surface area contributed by atoms with Crippen molar-refractivity contribution in [3.8, 4) is 0 Å². The summed E-state index contributed by atoms with van der Waals surface area (Å²) in [5.41, 5.74) is 0. The topological polar surface area (TPSA) is 0 Å². The van der Waals surface area contributed by atoms with Crippen LogP contribution in [0.15, 0.2) is 12.2 Å². The van der Waals surface area contributed by atoms with Gasteiger partial charge in [0.2, 0.25) is 0 Å². The van der Waals surface area contributed by atoms with E-state index in [9.17, 15) is 0 Å². The van der Waals surface area contributed by atoms with Crippen molar-refractivity contribution < 1.29 is 0 Å². The van der Waals surface area contributed by atoms with Gasteiger partial charge >= 0.3 is 0 Å². The van der Waals surface area contributed by atoms with Crippen molar-refractivity contribution in [3.05, 3.63) is 12.2 Å². The van der Waals surface area contributed by atoms with Crippen molar-refractivity contribution in [2.24, 2.45) is 23.7 Å². The maximum absolute atomic E-state index is 6.25. The Morgan fingerprint density at radius 3 is 2.80 bits per heavy atom. The molecular weight excluding hydrogens is 144 g/mol. The second-order valence-corrected chi connectivity index (χ2v) is 4.47. The zero-order chi connectivity index (χ0) is 6.72. The van der Waals surface area contributed by atoms with Gasteiger partial charge in [0.25, 0.3) is 0 Å². The summed E-state index contributed by atoms with van der Waals surface area (Å²) in [4.78, 5) is 0. The van der Waals surface area contributed by atoms with Gasteiger partial charge in [-0.3, -0.25) is 0 Å². The van der Waals surface area contributed by atoms with E-state index < -0.39 is 0 Å². The minimum Gasteiger partial charge on any atom is -0.122 e. The summed E-state index contributed by atoms with van der Waals surface area (Å²) in [6.07, 6.45) is 7.56. The molecule has 0 heterocycles. The predicted molar refractivity (Wildman–Crippen MR) is 42.0 cm³/mol. The highest BCUT2D eigenvalue weighted by atomic mass is 35.5. The molecule has 0 aromatic rings. The van der Waals surface area contributed by atoms with Crippen LogP contribution in [-0.4, -0.2) is 5.38 Å². The monoisotopic (exact) mass is 154 g/mol. The average molecular weight is 155 g/mol. The van der Waals surface area contributed by atoms with Gasteiger partial charge in [-0.05, 0) is 36.5 Å². The fourth-order valence-electron chi connectivity index (χ4n) is 3.14. The molecule has 0 radical (unpaired) electrons. The first-order valence-electron chi connectivity index (χ1n) is 4.18. The van der Waals surface area contributed by atoms with Crippen LogP contribution in [0, 0.1) is 23.7 Å². The standard InChI is InChI=1S/C9H11Cl/c10-9-6-3-5-1-2-7(9)8(5)4-6/h1-2,5-9H,3-4H2/t5-,6+,7-,8+,9-/m0/s1. The molecule has 0 nitrogen and oxygen atoms in total. The molecule has 3 aliphatic carbocycles. The summed E-state index contributed by atoms with van der Waals surface area (Å²) in [7, 11) is 0. The maximum atomic E-state index is 6.25. The Kier molecular flexibility index (Phi) is 0.909. The van der Waals surface area contributed by atoms with E-state index in [-0.39, 0.29) is 0 Å². The fourth-order valence-corrected chi connectivity index (χ4v) is 3.62. The molecule has 3 aliphatic rings. The van der Waals surface area contributed by atoms with E-state index in [1.807, 2.05) is 0 Å². The zero-order valence-corrected chi connectivity index (χ0v) is 6.59. The second-order valence-electron chi connectivity index (χ2n) is 3.97. The molecule has 0 aromatic carbocycles. The van der Waals surface area contributed by atoms with Crippen molar-refractivity contribution in [1.29, 1.82) is 0 Å². The number of hydrogen-bond acceptors (Lipinski definition) is 0. The van der Waals surface area contributed by atoms with E-state index in [0.29, 0.717) is 5.38 Å². The van der Waals surface area contributed by atoms with Crippen molar-refractivity contribution in [2.75, 3.05) is 0 Å². The number of allylic oxidation sites excluding steroid dienone is 2. The highest BCUT2D eigenvalue weighted by molar-refractivity contribution is 6.21. The smallest absolute Gasteiger partial charge is 0.0430 e. The Hall–Kier alpha value is 0.0300. The third-order valence-corrected chi connectivity index (χ3v) is 4.24. The number of fused-ring (bicyclic) bond motifs is 1. The molecule has 2 bridgehead atoms. The Morgan fingerprint density at radius 2 is 2.10 bits per heavy atom. The van der Waals surface area contributed by atoms with E-state index in [1.165, 1.54) is 12.8 Å². The number of hydrogen-bond donors (Lipinski definition) is 0.